The zero-order valence-electron chi connectivity index (χ0n) is 19.9. The molecule has 36 heavy (non-hydrogen) atoms. The van der Waals surface area contributed by atoms with Gasteiger partial charge in [0.2, 0.25) is 0 Å². The molecule has 1 aliphatic carbocycles. The first-order valence-corrected chi connectivity index (χ1v) is 13.5. The molecule has 3 aliphatic heterocycles. The van der Waals surface area contributed by atoms with Crippen molar-refractivity contribution in [2.75, 3.05) is 11.4 Å². The number of rotatable bonds is 5. The largest absolute Gasteiger partial charge is 0.457 e. The summed E-state index contributed by atoms with van der Waals surface area (Å²) in [5.74, 6) is 1.31. The van der Waals surface area contributed by atoms with Gasteiger partial charge in [-0.25, -0.2) is 4.79 Å². The Hall–Kier alpha value is -3.01. The maximum atomic E-state index is 13.4. The van der Waals surface area contributed by atoms with Crippen LogP contribution in [-0.4, -0.2) is 47.2 Å². The Bertz CT molecular complexity index is 1170. The zero-order valence-corrected chi connectivity index (χ0v) is 20.7. The van der Waals surface area contributed by atoms with E-state index in [4.69, 9.17) is 4.74 Å². The van der Waals surface area contributed by atoms with Gasteiger partial charge in [-0.15, -0.1) is 0 Å². The first-order chi connectivity index (χ1) is 17.6. The van der Waals surface area contributed by atoms with Gasteiger partial charge in [-0.05, 0) is 75.0 Å². The van der Waals surface area contributed by atoms with Crippen molar-refractivity contribution in [3.05, 3.63) is 65.2 Å². The molecule has 3 heterocycles. The Morgan fingerprint density at radius 3 is 2.61 bits per heavy atom. The lowest BCUT2D eigenvalue weighted by Gasteiger charge is -2.45. The van der Waals surface area contributed by atoms with Crippen LogP contribution in [0.3, 0.4) is 0 Å². The summed E-state index contributed by atoms with van der Waals surface area (Å²) in [4.78, 5) is 29.0. The van der Waals surface area contributed by atoms with E-state index in [0.717, 1.165) is 49.4 Å². The van der Waals surface area contributed by atoms with E-state index in [-0.39, 0.29) is 41.4 Å². The van der Waals surface area contributed by atoms with Crippen molar-refractivity contribution < 1.29 is 19.4 Å². The van der Waals surface area contributed by atoms with Crippen molar-refractivity contribution in [2.24, 2.45) is 5.92 Å². The molecule has 0 spiro atoms. The van der Waals surface area contributed by atoms with Gasteiger partial charge < -0.3 is 25.8 Å². The number of aliphatic hydroxyl groups excluding tert-OH is 1. The minimum Gasteiger partial charge on any atom is -0.457 e. The molecule has 0 aromatic heterocycles. The number of piperidine rings is 1. The molecule has 0 bridgehead atoms. The molecule has 6 rings (SSSR count). The fourth-order valence-corrected chi connectivity index (χ4v) is 7.17. The van der Waals surface area contributed by atoms with Crippen LogP contribution in [0.4, 0.5) is 10.5 Å². The minimum atomic E-state index is -0.362. The summed E-state index contributed by atoms with van der Waals surface area (Å²) >= 11 is 1.50. The van der Waals surface area contributed by atoms with Gasteiger partial charge in [0.05, 0.1) is 22.4 Å². The van der Waals surface area contributed by atoms with Crippen molar-refractivity contribution in [1.29, 1.82) is 0 Å². The first-order valence-electron chi connectivity index (χ1n) is 12.6. The van der Waals surface area contributed by atoms with Crippen molar-refractivity contribution in [2.45, 2.75) is 55.7 Å². The van der Waals surface area contributed by atoms with Crippen molar-refractivity contribution >= 4 is 29.4 Å². The summed E-state index contributed by atoms with van der Waals surface area (Å²) < 4.78 is 5.91. The average Bonchev–Trinajstić information content (AvgIpc) is 3.25. The summed E-state index contributed by atoms with van der Waals surface area (Å²) in [6.45, 7) is 0.773. The number of carbonyl (C=O) groups excluding carboxylic acids is 2. The summed E-state index contributed by atoms with van der Waals surface area (Å²) in [5.41, 5.74) is 1.53. The fourth-order valence-electron chi connectivity index (χ4n) is 5.77. The third-order valence-corrected chi connectivity index (χ3v) is 8.78. The van der Waals surface area contributed by atoms with Gasteiger partial charge in [0.1, 0.15) is 11.5 Å². The Kier molecular flexibility index (Phi) is 6.37. The van der Waals surface area contributed by atoms with E-state index in [1.165, 1.54) is 11.8 Å². The number of aliphatic hydroxyl groups is 1. The molecular weight excluding hydrogens is 476 g/mol. The minimum absolute atomic E-state index is 0.000564. The van der Waals surface area contributed by atoms with E-state index < -0.39 is 0 Å². The standard InChI is InChI=1S/C27H30N4O4S/c32-18-6-4-5-16(15-18)29-25(33)24-23-22-21(13-14-28-26(22)36-24)31(27(34)30-23)17-9-11-20(12-10-17)35-19-7-2-1-3-8-19/h1-3,7-12,16,18,21-22,26,28,32H,4-6,13-15H2,(H,29,33)(H,30,34)/t16-,18+,21?,22?,26?/m1/s1. The molecule has 5 atom stereocenters. The molecule has 4 aliphatic rings. The van der Waals surface area contributed by atoms with E-state index in [1.54, 1.807) is 0 Å². The number of carbonyl (C=O) groups is 2. The molecule has 8 nitrogen and oxygen atoms in total. The van der Waals surface area contributed by atoms with Gasteiger partial charge >= 0.3 is 6.03 Å². The number of para-hydroxylation sites is 1. The molecule has 0 radical (unpaired) electrons. The van der Waals surface area contributed by atoms with Crippen LogP contribution < -0.4 is 25.6 Å². The number of nitrogens with one attached hydrogen (secondary N) is 3. The van der Waals surface area contributed by atoms with Gasteiger partial charge in [0.15, 0.2) is 0 Å². The second-order valence-electron chi connectivity index (χ2n) is 9.82. The molecule has 2 saturated heterocycles. The predicted octanol–water partition coefficient (Wildman–Crippen LogP) is 3.69. The smallest absolute Gasteiger partial charge is 0.326 e. The maximum Gasteiger partial charge on any atom is 0.326 e. The van der Waals surface area contributed by atoms with Crippen LogP contribution in [0.15, 0.2) is 65.2 Å². The number of hydrogen-bond acceptors (Lipinski definition) is 6. The topological polar surface area (TPSA) is 103 Å². The molecule has 4 N–H and O–H groups in total. The third-order valence-electron chi connectivity index (χ3n) is 7.42. The quantitative estimate of drug-likeness (QED) is 0.493. The van der Waals surface area contributed by atoms with Gasteiger partial charge in [0.25, 0.3) is 5.91 Å². The molecule has 3 fully saturated rings. The highest BCUT2D eigenvalue weighted by molar-refractivity contribution is 8.04. The van der Waals surface area contributed by atoms with Crippen LogP contribution in [-0.2, 0) is 4.79 Å². The highest BCUT2D eigenvalue weighted by Crippen LogP contribution is 2.48. The maximum absolute atomic E-state index is 13.4. The Balaban J connectivity index is 1.22. The number of hydrogen-bond donors (Lipinski definition) is 4. The fraction of sp³-hybridized carbons (Fsp3) is 0.407. The zero-order chi connectivity index (χ0) is 24.6. The number of thioether (sulfide) groups is 1. The lowest BCUT2D eigenvalue weighted by Crippen LogP contribution is -2.62. The van der Waals surface area contributed by atoms with Gasteiger partial charge in [0, 0.05) is 23.3 Å². The molecule has 9 heteroatoms. The van der Waals surface area contributed by atoms with Crippen LogP contribution in [0.1, 0.15) is 32.1 Å². The van der Waals surface area contributed by atoms with Crippen molar-refractivity contribution in [3.8, 4) is 11.5 Å². The predicted molar refractivity (Wildman–Crippen MR) is 139 cm³/mol. The molecule has 188 valence electrons. The molecule has 3 amide bonds. The summed E-state index contributed by atoms with van der Waals surface area (Å²) in [7, 11) is 0. The van der Waals surface area contributed by atoms with E-state index >= 15 is 0 Å². The van der Waals surface area contributed by atoms with Crippen LogP contribution >= 0.6 is 11.8 Å². The molecule has 1 saturated carbocycles. The van der Waals surface area contributed by atoms with Crippen molar-refractivity contribution in [1.82, 2.24) is 16.0 Å². The van der Waals surface area contributed by atoms with Crippen LogP contribution in [0.25, 0.3) is 0 Å². The number of amides is 3. The van der Waals surface area contributed by atoms with E-state index in [1.807, 2.05) is 59.5 Å². The first kappa shape index (κ1) is 23.4. The van der Waals surface area contributed by atoms with Crippen molar-refractivity contribution in [3.63, 3.8) is 0 Å². The Labute approximate surface area is 214 Å². The third kappa shape index (κ3) is 4.47. The van der Waals surface area contributed by atoms with E-state index in [9.17, 15) is 14.7 Å². The number of ether oxygens (including phenoxy) is 1. The summed E-state index contributed by atoms with van der Waals surface area (Å²) in [5, 5.41) is 19.7. The molecule has 2 aromatic carbocycles. The SMILES string of the molecule is O=C(N[C@@H]1CCC[C@H](O)C1)C1=C2NC(=O)N(c3ccc(Oc4ccccc4)cc3)C3CCNC(S1)C23. The lowest BCUT2D eigenvalue weighted by atomic mass is 9.86. The summed E-state index contributed by atoms with van der Waals surface area (Å²) in [6, 6.07) is 16.9. The molecular formula is C27H30N4O4S. The second kappa shape index (κ2) is 9.80. The number of nitrogens with zero attached hydrogens (tertiary/aromatic N) is 1. The average molecular weight is 507 g/mol. The second-order valence-corrected chi connectivity index (χ2v) is 11.0. The highest BCUT2D eigenvalue weighted by atomic mass is 32.2. The van der Waals surface area contributed by atoms with Crippen LogP contribution in [0.2, 0.25) is 0 Å². The normalized spacial score (nSPS) is 29.4. The number of anilines is 1. The van der Waals surface area contributed by atoms with Gasteiger partial charge in [-0.2, -0.15) is 0 Å². The van der Waals surface area contributed by atoms with E-state index in [2.05, 4.69) is 16.0 Å². The molecule has 2 aromatic rings. The molecule has 3 unspecified atom stereocenters. The van der Waals surface area contributed by atoms with Crippen LogP contribution in [0, 0.1) is 5.92 Å². The van der Waals surface area contributed by atoms with Gasteiger partial charge in [-0.3, -0.25) is 9.69 Å². The number of benzene rings is 2. The van der Waals surface area contributed by atoms with Crippen LogP contribution in [0.5, 0.6) is 11.5 Å². The Morgan fingerprint density at radius 1 is 1.06 bits per heavy atom. The Morgan fingerprint density at radius 2 is 1.83 bits per heavy atom. The lowest BCUT2D eigenvalue weighted by molar-refractivity contribution is -0.118. The van der Waals surface area contributed by atoms with E-state index in [0.29, 0.717) is 17.1 Å². The monoisotopic (exact) mass is 506 g/mol. The van der Waals surface area contributed by atoms with Gasteiger partial charge in [-0.1, -0.05) is 30.0 Å². The highest BCUT2D eigenvalue weighted by Gasteiger charge is 2.51. The number of urea groups is 1. The summed E-state index contributed by atoms with van der Waals surface area (Å²) in [6.07, 6.45) is 3.57.